The molecule has 0 unspecified atom stereocenters. The van der Waals surface area contributed by atoms with E-state index in [1.54, 1.807) is 0 Å². The first kappa shape index (κ1) is 6.48. The Balaban J connectivity index is 2.91. The van der Waals surface area contributed by atoms with Gasteiger partial charge in [0.15, 0.2) is 0 Å². The zero-order chi connectivity index (χ0) is 5.54. The van der Waals surface area contributed by atoms with E-state index in [0.29, 0.717) is 6.54 Å². The monoisotopic (exact) mass is 99.1 g/mol. The van der Waals surface area contributed by atoms with Crippen molar-refractivity contribution in [3.63, 3.8) is 0 Å². The van der Waals surface area contributed by atoms with Crippen LogP contribution < -0.4 is 5.48 Å². The Hall–Kier alpha value is -0.520. The summed E-state index contributed by atoms with van der Waals surface area (Å²) >= 11 is 0. The molecule has 0 aliphatic heterocycles. The van der Waals surface area contributed by atoms with Crippen LogP contribution in [0.15, 0.2) is 0 Å². The van der Waals surface area contributed by atoms with Gasteiger partial charge in [-0.1, -0.05) is 12.8 Å². The van der Waals surface area contributed by atoms with Crippen molar-refractivity contribution in [3.8, 4) is 11.8 Å². The standard InChI is InChI=1S/C5H9NO/c1-2-3-4-5-6-7/h6-7H,2,5H2,1H3. The highest BCUT2D eigenvalue weighted by atomic mass is 16.5. The minimum absolute atomic E-state index is 0.369. The van der Waals surface area contributed by atoms with E-state index in [4.69, 9.17) is 5.21 Å². The number of hydrogen-bond donors (Lipinski definition) is 2. The molecule has 40 valence electrons. The smallest absolute Gasteiger partial charge is 0.0818 e. The summed E-state index contributed by atoms with van der Waals surface area (Å²) in [6.45, 7) is 2.33. The van der Waals surface area contributed by atoms with Gasteiger partial charge < -0.3 is 5.21 Å². The summed E-state index contributed by atoms with van der Waals surface area (Å²) in [4.78, 5) is 0. The zero-order valence-electron chi connectivity index (χ0n) is 4.36. The van der Waals surface area contributed by atoms with E-state index in [9.17, 15) is 0 Å². The topological polar surface area (TPSA) is 32.3 Å². The second kappa shape index (κ2) is 5.48. The molecule has 0 rings (SSSR count). The normalized spacial score (nSPS) is 7.14. The first-order valence-electron chi connectivity index (χ1n) is 2.24. The molecule has 0 saturated heterocycles. The van der Waals surface area contributed by atoms with Crippen LogP contribution in [0.1, 0.15) is 13.3 Å². The lowest BCUT2D eigenvalue weighted by molar-refractivity contribution is 0.181. The highest BCUT2D eigenvalue weighted by Crippen LogP contribution is 1.63. The Bertz CT molecular complexity index is 79.8. The van der Waals surface area contributed by atoms with Gasteiger partial charge in [0.05, 0.1) is 6.54 Å². The first-order valence-corrected chi connectivity index (χ1v) is 2.24. The fraction of sp³-hybridized carbons (Fsp3) is 0.600. The van der Waals surface area contributed by atoms with Crippen molar-refractivity contribution in [1.82, 2.24) is 5.48 Å². The van der Waals surface area contributed by atoms with Crippen LogP contribution >= 0.6 is 0 Å². The van der Waals surface area contributed by atoms with Gasteiger partial charge in [0.2, 0.25) is 0 Å². The predicted molar refractivity (Wildman–Crippen MR) is 27.9 cm³/mol. The van der Waals surface area contributed by atoms with E-state index in [-0.39, 0.29) is 0 Å². The van der Waals surface area contributed by atoms with Gasteiger partial charge in [-0.15, -0.1) is 5.92 Å². The number of nitrogens with one attached hydrogen (secondary N) is 1. The Morgan fingerprint density at radius 1 is 1.57 bits per heavy atom. The van der Waals surface area contributed by atoms with E-state index in [2.05, 4.69) is 11.8 Å². The third-order valence-corrected chi connectivity index (χ3v) is 0.469. The summed E-state index contributed by atoms with van der Waals surface area (Å²) in [5.41, 5.74) is 1.93. The van der Waals surface area contributed by atoms with E-state index in [1.165, 1.54) is 0 Å². The number of rotatable bonds is 1. The first-order chi connectivity index (χ1) is 3.41. The van der Waals surface area contributed by atoms with E-state index < -0.39 is 0 Å². The Morgan fingerprint density at radius 3 is 2.71 bits per heavy atom. The minimum atomic E-state index is 0.369. The molecule has 2 heteroatoms. The summed E-state index contributed by atoms with van der Waals surface area (Å²) in [5, 5.41) is 7.94. The van der Waals surface area contributed by atoms with E-state index in [0.717, 1.165) is 6.42 Å². The fourth-order valence-corrected chi connectivity index (χ4v) is 0.227. The van der Waals surface area contributed by atoms with Gasteiger partial charge in [-0.2, -0.15) is 5.48 Å². The summed E-state index contributed by atoms with van der Waals surface area (Å²) in [5.74, 6) is 5.45. The molecule has 0 aliphatic rings. The second-order valence-corrected chi connectivity index (χ2v) is 1.04. The third-order valence-electron chi connectivity index (χ3n) is 0.469. The van der Waals surface area contributed by atoms with Crippen molar-refractivity contribution in [2.24, 2.45) is 0 Å². The molecule has 0 amide bonds. The molecular weight excluding hydrogens is 90.1 g/mol. The largest absolute Gasteiger partial charge is 0.316 e. The zero-order valence-corrected chi connectivity index (χ0v) is 4.36. The molecule has 0 spiro atoms. The Labute approximate surface area is 43.5 Å². The van der Waals surface area contributed by atoms with E-state index >= 15 is 0 Å². The fourth-order valence-electron chi connectivity index (χ4n) is 0.227. The summed E-state index contributed by atoms with van der Waals surface area (Å²) in [6, 6.07) is 0. The molecule has 0 atom stereocenters. The number of hydroxylamine groups is 1. The highest BCUT2D eigenvalue weighted by Gasteiger charge is 1.63. The van der Waals surface area contributed by atoms with Gasteiger partial charge in [0.1, 0.15) is 0 Å². The van der Waals surface area contributed by atoms with Crippen LogP contribution in [-0.4, -0.2) is 11.8 Å². The lowest BCUT2D eigenvalue weighted by Gasteiger charge is -1.78. The maximum absolute atomic E-state index is 7.94. The molecule has 0 heterocycles. The molecule has 0 radical (unpaired) electrons. The van der Waals surface area contributed by atoms with Gasteiger partial charge >= 0.3 is 0 Å². The molecular formula is C5H9NO. The van der Waals surface area contributed by atoms with Crippen LogP contribution in [0.4, 0.5) is 0 Å². The SMILES string of the molecule is CCC#CCNO. The second-order valence-electron chi connectivity index (χ2n) is 1.04. The van der Waals surface area contributed by atoms with Gasteiger partial charge in [-0.25, -0.2) is 0 Å². The molecule has 0 aliphatic carbocycles. The average molecular weight is 99.1 g/mol. The van der Waals surface area contributed by atoms with Crippen molar-refractivity contribution >= 4 is 0 Å². The summed E-state index contributed by atoms with van der Waals surface area (Å²) < 4.78 is 0. The summed E-state index contributed by atoms with van der Waals surface area (Å²) in [6.07, 6.45) is 0.849. The van der Waals surface area contributed by atoms with Crippen LogP contribution in [0.3, 0.4) is 0 Å². The number of hydrogen-bond acceptors (Lipinski definition) is 2. The van der Waals surface area contributed by atoms with Gasteiger partial charge in [0.25, 0.3) is 0 Å². The quantitative estimate of drug-likeness (QED) is 0.368. The van der Waals surface area contributed by atoms with Crippen LogP contribution in [0.25, 0.3) is 0 Å². The van der Waals surface area contributed by atoms with Gasteiger partial charge in [-0.3, -0.25) is 0 Å². The Kier molecular flexibility index (Phi) is 5.07. The summed E-state index contributed by atoms with van der Waals surface area (Å²) in [7, 11) is 0. The molecule has 0 saturated carbocycles. The highest BCUT2D eigenvalue weighted by molar-refractivity contribution is 4.98. The van der Waals surface area contributed by atoms with Crippen LogP contribution in [0, 0.1) is 11.8 Å². The third kappa shape index (κ3) is 5.48. The predicted octanol–water partition coefficient (Wildman–Crippen LogP) is 0.379. The average Bonchev–Trinajstić information content (AvgIpc) is 1.69. The Morgan fingerprint density at radius 2 is 2.29 bits per heavy atom. The van der Waals surface area contributed by atoms with Crippen molar-refractivity contribution in [3.05, 3.63) is 0 Å². The minimum Gasteiger partial charge on any atom is -0.316 e. The molecule has 2 nitrogen and oxygen atoms in total. The van der Waals surface area contributed by atoms with Crippen LogP contribution in [0.5, 0.6) is 0 Å². The molecule has 7 heavy (non-hydrogen) atoms. The lowest BCUT2D eigenvalue weighted by Crippen LogP contribution is -2.05. The molecule has 0 bridgehead atoms. The molecule has 2 N–H and O–H groups in total. The maximum Gasteiger partial charge on any atom is 0.0818 e. The maximum atomic E-state index is 7.94. The van der Waals surface area contributed by atoms with Crippen LogP contribution in [0.2, 0.25) is 0 Å². The molecule has 0 aromatic heterocycles. The van der Waals surface area contributed by atoms with Crippen LogP contribution in [-0.2, 0) is 0 Å². The van der Waals surface area contributed by atoms with Crippen molar-refractivity contribution in [2.45, 2.75) is 13.3 Å². The van der Waals surface area contributed by atoms with Crippen molar-refractivity contribution in [2.75, 3.05) is 6.54 Å². The lowest BCUT2D eigenvalue weighted by atomic mass is 10.5. The molecule has 0 fully saturated rings. The van der Waals surface area contributed by atoms with Crippen molar-refractivity contribution < 1.29 is 5.21 Å². The molecule has 0 aromatic rings. The van der Waals surface area contributed by atoms with E-state index in [1.807, 2.05) is 12.4 Å². The molecule has 0 aromatic carbocycles. The van der Waals surface area contributed by atoms with Gasteiger partial charge in [-0.05, 0) is 0 Å². The van der Waals surface area contributed by atoms with Gasteiger partial charge in [0, 0.05) is 6.42 Å². The van der Waals surface area contributed by atoms with Crippen molar-refractivity contribution in [1.29, 1.82) is 0 Å².